The van der Waals surface area contributed by atoms with Crippen molar-refractivity contribution in [2.75, 3.05) is 49.3 Å². The van der Waals surface area contributed by atoms with Crippen molar-refractivity contribution < 1.29 is 14.3 Å². The molecule has 1 atom stereocenters. The van der Waals surface area contributed by atoms with Crippen LogP contribution in [0.1, 0.15) is 15.9 Å². The molecule has 3 aliphatic heterocycles. The Balaban J connectivity index is 1.29. The summed E-state index contributed by atoms with van der Waals surface area (Å²) in [5, 5.41) is 6.87. The normalized spacial score (nSPS) is 20.2. The zero-order valence-corrected chi connectivity index (χ0v) is 18.4. The number of nitrogens with one attached hydrogen (secondary N) is 2. The molecule has 0 spiro atoms. The van der Waals surface area contributed by atoms with E-state index in [1.54, 1.807) is 29.6 Å². The molecule has 3 aliphatic rings. The van der Waals surface area contributed by atoms with Gasteiger partial charge in [-0.15, -0.1) is 0 Å². The SMILES string of the molecule is COc1cc2c(cn1)CN(C1=NC(C(=O)Nc3cnccc3N3CCNCC3)CS1)C2=O. The number of rotatable bonds is 4. The molecule has 1 unspecified atom stereocenters. The molecular weight excluding hydrogens is 430 g/mol. The molecule has 0 radical (unpaired) electrons. The summed E-state index contributed by atoms with van der Waals surface area (Å²) in [5.74, 6) is 0.520. The molecule has 166 valence electrons. The fourth-order valence-electron chi connectivity index (χ4n) is 3.97. The van der Waals surface area contributed by atoms with E-state index in [1.165, 1.54) is 18.9 Å². The Labute approximate surface area is 189 Å². The van der Waals surface area contributed by atoms with E-state index < -0.39 is 6.04 Å². The fourth-order valence-corrected chi connectivity index (χ4v) is 5.01. The van der Waals surface area contributed by atoms with Gasteiger partial charge in [0, 0.05) is 56.0 Å². The van der Waals surface area contributed by atoms with Crippen LogP contribution in [-0.2, 0) is 11.3 Å². The Morgan fingerprint density at radius 3 is 2.97 bits per heavy atom. The second-order valence-corrected chi connectivity index (χ2v) is 8.62. The Bertz CT molecular complexity index is 1090. The number of amidine groups is 1. The van der Waals surface area contributed by atoms with Crippen LogP contribution in [0.15, 0.2) is 35.7 Å². The van der Waals surface area contributed by atoms with Crippen LogP contribution in [0, 0.1) is 0 Å². The number of pyridine rings is 2. The second kappa shape index (κ2) is 8.75. The molecule has 5 rings (SSSR count). The van der Waals surface area contributed by atoms with Crippen molar-refractivity contribution >= 4 is 40.1 Å². The number of aromatic nitrogens is 2. The number of anilines is 2. The molecule has 0 aromatic carbocycles. The average molecular weight is 454 g/mol. The lowest BCUT2D eigenvalue weighted by molar-refractivity contribution is -0.116. The fraction of sp³-hybridized carbons (Fsp3) is 0.381. The number of nitrogens with zero attached hydrogens (tertiary/aromatic N) is 5. The average Bonchev–Trinajstić information content (AvgIpc) is 3.45. The van der Waals surface area contributed by atoms with Gasteiger partial charge in [-0.25, -0.2) is 9.98 Å². The van der Waals surface area contributed by atoms with Crippen molar-refractivity contribution in [3.8, 4) is 5.88 Å². The first-order valence-electron chi connectivity index (χ1n) is 10.4. The Morgan fingerprint density at radius 1 is 1.31 bits per heavy atom. The minimum absolute atomic E-state index is 0.152. The predicted molar refractivity (Wildman–Crippen MR) is 122 cm³/mol. The molecule has 5 heterocycles. The number of thioether (sulfide) groups is 1. The molecular formula is C21H23N7O3S. The number of aliphatic imine (C=N–C) groups is 1. The van der Waals surface area contributed by atoms with E-state index in [0.717, 1.165) is 37.4 Å². The van der Waals surface area contributed by atoms with Crippen LogP contribution in [-0.4, -0.2) is 76.9 Å². The first-order valence-corrected chi connectivity index (χ1v) is 11.4. The largest absolute Gasteiger partial charge is 0.481 e. The van der Waals surface area contributed by atoms with Gasteiger partial charge in [0.05, 0.1) is 36.8 Å². The van der Waals surface area contributed by atoms with Crippen molar-refractivity contribution in [1.29, 1.82) is 0 Å². The van der Waals surface area contributed by atoms with Crippen LogP contribution >= 0.6 is 11.8 Å². The number of hydrogen-bond acceptors (Lipinski definition) is 9. The second-order valence-electron chi connectivity index (χ2n) is 7.63. The van der Waals surface area contributed by atoms with Gasteiger partial charge in [0.15, 0.2) is 5.17 Å². The molecule has 32 heavy (non-hydrogen) atoms. The van der Waals surface area contributed by atoms with Crippen molar-refractivity contribution in [2.45, 2.75) is 12.6 Å². The first-order chi connectivity index (χ1) is 15.6. The highest BCUT2D eigenvalue weighted by molar-refractivity contribution is 8.14. The molecule has 1 saturated heterocycles. The van der Waals surface area contributed by atoms with Crippen LogP contribution in [0.3, 0.4) is 0 Å². The third kappa shape index (κ3) is 3.89. The summed E-state index contributed by atoms with van der Waals surface area (Å²) in [5.41, 5.74) is 3.01. The van der Waals surface area contributed by atoms with E-state index in [2.05, 4.69) is 30.5 Å². The maximum atomic E-state index is 13.0. The number of carbonyl (C=O) groups excluding carboxylic acids is 2. The molecule has 2 amide bonds. The molecule has 0 aliphatic carbocycles. The molecule has 1 fully saturated rings. The summed E-state index contributed by atoms with van der Waals surface area (Å²) in [6.07, 6.45) is 5.05. The number of amides is 2. The highest BCUT2D eigenvalue weighted by Gasteiger charge is 2.36. The summed E-state index contributed by atoms with van der Waals surface area (Å²) in [4.78, 5) is 42.6. The highest BCUT2D eigenvalue weighted by atomic mass is 32.2. The smallest absolute Gasteiger partial charge is 0.260 e. The van der Waals surface area contributed by atoms with Gasteiger partial charge < -0.3 is 20.3 Å². The lowest BCUT2D eigenvalue weighted by Gasteiger charge is -2.30. The van der Waals surface area contributed by atoms with Gasteiger partial charge in [0.25, 0.3) is 5.91 Å². The van der Waals surface area contributed by atoms with Gasteiger partial charge in [-0.05, 0) is 6.07 Å². The summed E-state index contributed by atoms with van der Waals surface area (Å²) in [6, 6.07) is 2.99. The number of fused-ring (bicyclic) bond motifs is 1. The maximum absolute atomic E-state index is 13.0. The molecule has 2 aromatic heterocycles. The minimum atomic E-state index is -0.574. The number of carbonyl (C=O) groups is 2. The zero-order chi connectivity index (χ0) is 22.1. The van der Waals surface area contributed by atoms with Crippen LogP contribution in [0.5, 0.6) is 5.88 Å². The highest BCUT2D eigenvalue weighted by Crippen LogP contribution is 2.31. The van der Waals surface area contributed by atoms with Crippen molar-refractivity contribution in [3.05, 3.63) is 41.9 Å². The van der Waals surface area contributed by atoms with E-state index in [0.29, 0.717) is 34.6 Å². The van der Waals surface area contributed by atoms with E-state index >= 15 is 0 Å². The Hall–Kier alpha value is -3.18. The summed E-state index contributed by atoms with van der Waals surface area (Å²) < 4.78 is 5.12. The first kappa shape index (κ1) is 20.7. The molecule has 2 N–H and O–H groups in total. The van der Waals surface area contributed by atoms with Crippen LogP contribution in [0.4, 0.5) is 11.4 Å². The van der Waals surface area contributed by atoms with Gasteiger partial charge in [0.2, 0.25) is 11.8 Å². The van der Waals surface area contributed by atoms with Crippen molar-refractivity contribution in [2.24, 2.45) is 4.99 Å². The number of hydrogen-bond donors (Lipinski definition) is 2. The van der Waals surface area contributed by atoms with Gasteiger partial charge in [-0.1, -0.05) is 11.8 Å². The van der Waals surface area contributed by atoms with Crippen molar-refractivity contribution in [3.63, 3.8) is 0 Å². The van der Waals surface area contributed by atoms with Gasteiger partial charge in [0.1, 0.15) is 6.04 Å². The van der Waals surface area contributed by atoms with Gasteiger partial charge in [-0.3, -0.25) is 19.5 Å². The van der Waals surface area contributed by atoms with Crippen LogP contribution in [0.25, 0.3) is 0 Å². The van der Waals surface area contributed by atoms with E-state index in [1.807, 2.05) is 6.07 Å². The van der Waals surface area contributed by atoms with E-state index in [4.69, 9.17) is 4.74 Å². The monoisotopic (exact) mass is 453 g/mol. The standard InChI is InChI=1S/C21H23N7O3S/c1-31-18-8-14-13(9-24-18)11-28(20(14)30)21-26-16(12-32-21)19(29)25-15-10-23-3-2-17(15)27-6-4-22-5-7-27/h2-3,8-10,16,22H,4-7,11-12H2,1H3,(H,25,29). The van der Waals surface area contributed by atoms with Crippen LogP contribution in [0.2, 0.25) is 0 Å². The van der Waals surface area contributed by atoms with E-state index in [9.17, 15) is 9.59 Å². The maximum Gasteiger partial charge on any atom is 0.260 e. The number of methoxy groups -OCH3 is 1. The molecule has 0 saturated carbocycles. The lowest BCUT2D eigenvalue weighted by Crippen LogP contribution is -2.44. The third-order valence-electron chi connectivity index (χ3n) is 5.66. The van der Waals surface area contributed by atoms with Crippen LogP contribution < -0.4 is 20.3 Å². The van der Waals surface area contributed by atoms with Gasteiger partial charge >= 0.3 is 0 Å². The van der Waals surface area contributed by atoms with E-state index in [-0.39, 0.29) is 11.8 Å². The Kier molecular flexibility index (Phi) is 5.66. The minimum Gasteiger partial charge on any atom is -0.481 e. The molecule has 0 bridgehead atoms. The predicted octanol–water partition coefficient (Wildman–Crippen LogP) is 0.961. The summed E-state index contributed by atoms with van der Waals surface area (Å²) >= 11 is 1.41. The molecule has 2 aromatic rings. The summed E-state index contributed by atoms with van der Waals surface area (Å²) in [7, 11) is 1.52. The number of piperazine rings is 1. The third-order valence-corrected chi connectivity index (χ3v) is 6.72. The molecule has 10 nitrogen and oxygen atoms in total. The molecule has 11 heteroatoms. The Morgan fingerprint density at radius 2 is 2.16 bits per heavy atom. The lowest BCUT2D eigenvalue weighted by atomic mass is 10.2. The van der Waals surface area contributed by atoms with Gasteiger partial charge in [-0.2, -0.15) is 0 Å². The van der Waals surface area contributed by atoms with Crippen molar-refractivity contribution in [1.82, 2.24) is 20.2 Å². The number of ether oxygens (including phenoxy) is 1. The zero-order valence-electron chi connectivity index (χ0n) is 17.6. The topological polar surface area (TPSA) is 112 Å². The summed E-state index contributed by atoms with van der Waals surface area (Å²) in [6.45, 7) is 3.92. The quantitative estimate of drug-likeness (QED) is 0.704.